The normalized spacial score (nSPS) is 17.0. The lowest BCUT2D eigenvalue weighted by atomic mass is 10.3. The molecule has 1 atom stereocenters. The van der Waals surface area contributed by atoms with E-state index >= 15 is 0 Å². The Kier molecular flexibility index (Phi) is 3.79. The standard InChI is InChI=1S/C11H15N3OS/c12-11(15)9(14-8-4-5-8)7-16-10-3-1-2-6-13-10/h1-3,6,8-9,14H,4-5,7H2,(H2,12,15). The number of carbonyl (C=O) groups excluding carboxylic acids is 1. The van der Waals surface area contributed by atoms with Crippen molar-refractivity contribution in [2.45, 2.75) is 30.0 Å². The van der Waals surface area contributed by atoms with Crippen molar-refractivity contribution in [2.24, 2.45) is 5.73 Å². The van der Waals surface area contributed by atoms with Crippen LogP contribution in [0.25, 0.3) is 0 Å². The Balaban J connectivity index is 1.83. The number of nitrogens with one attached hydrogen (secondary N) is 1. The molecule has 2 rings (SSSR count). The SMILES string of the molecule is NC(=O)C(CSc1ccccn1)NC1CC1. The second-order valence-electron chi connectivity index (χ2n) is 3.87. The zero-order valence-corrected chi connectivity index (χ0v) is 9.74. The van der Waals surface area contributed by atoms with Gasteiger partial charge in [-0.25, -0.2) is 4.98 Å². The van der Waals surface area contributed by atoms with Crippen LogP contribution in [0.1, 0.15) is 12.8 Å². The molecular formula is C11H15N3OS. The molecule has 1 saturated carbocycles. The van der Waals surface area contributed by atoms with Crippen molar-refractivity contribution < 1.29 is 4.79 Å². The number of nitrogens with zero attached hydrogens (tertiary/aromatic N) is 1. The van der Waals surface area contributed by atoms with Crippen molar-refractivity contribution in [2.75, 3.05) is 5.75 Å². The highest BCUT2D eigenvalue weighted by atomic mass is 32.2. The van der Waals surface area contributed by atoms with E-state index in [1.807, 2.05) is 18.2 Å². The van der Waals surface area contributed by atoms with Gasteiger partial charge in [0.15, 0.2) is 0 Å². The van der Waals surface area contributed by atoms with Gasteiger partial charge in [-0.3, -0.25) is 4.79 Å². The summed E-state index contributed by atoms with van der Waals surface area (Å²) in [7, 11) is 0. The first kappa shape index (κ1) is 11.4. The van der Waals surface area contributed by atoms with Gasteiger partial charge in [0.1, 0.15) is 0 Å². The van der Waals surface area contributed by atoms with Gasteiger partial charge in [0.05, 0.1) is 11.1 Å². The maximum absolute atomic E-state index is 11.2. The van der Waals surface area contributed by atoms with E-state index in [0.29, 0.717) is 11.8 Å². The van der Waals surface area contributed by atoms with E-state index in [-0.39, 0.29) is 11.9 Å². The summed E-state index contributed by atoms with van der Waals surface area (Å²) in [5.74, 6) is 0.360. The van der Waals surface area contributed by atoms with Crippen LogP contribution in [-0.2, 0) is 4.79 Å². The molecular weight excluding hydrogens is 222 g/mol. The van der Waals surface area contributed by atoms with Crippen LogP contribution in [0.15, 0.2) is 29.4 Å². The van der Waals surface area contributed by atoms with Crippen molar-refractivity contribution in [3.8, 4) is 0 Å². The summed E-state index contributed by atoms with van der Waals surface area (Å²) in [6, 6.07) is 5.97. The summed E-state index contributed by atoms with van der Waals surface area (Å²) in [5.41, 5.74) is 5.34. The third-order valence-electron chi connectivity index (χ3n) is 2.39. The Morgan fingerprint density at radius 3 is 3.00 bits per heavy atom. The summed E-state index contributed by atoms with van der Waals surface area (Å²) in [5, 5.41) is 4.16. The van der Waals surface area contributed by atoms with Crippen LogP contribution in [0.4, 0.5) is 0 Å². The fraction of sp³-hybridized carbons (Fsp3) is 0.455. The first-order valence-electron chi connectivity index (χ1n) is 5.35. The molecule has 1 aromatic rings. The quantitative estimate of drug-likeness (QED) is 0.717. The Bertz CT molecular complexity index is 354. The summed E-state index contributed by atoms with van der Waals surface area (Å²) >= 11 is 1.55. The summed E-state index contributed by atoms with van der Waals surface area (Å²) < 4.78 is 0. The Morgan fingerprint density at radius 2 is 2.44 bits per heavy atom. The number of amides is 1. The van der Waals surface area contributed by atoms with E-state index in [0.717, 1.165) is 17.9 Å². The van der Waals surface area contributed by atoms with E-state index in [4.69, 9.17) is 5.73 Å². The summed E-state index contributed by atoms with van der Waals surface area (Å²) in [6.45, 7) is 0. The predicted octanol–water partition coefficient (Wildman–Crippen LogP) is 0.780. The topological polar surface area (TPSA) is 68.0 Å². The minimum Gasteiger partial charge on any atom is -0.368 e. The molecule has 1 unspecified atom stereocenters. The van der Waals surface area contributed by atoms with Crippen molar-refractivity contribution in [1.82, 2.24) is 10.3 Å². The van der Waals surface area contributed by atoms with Gasteiger partial charge in [-0.1, -0.05) is 6.07 Å². The number of primary amides is 1. The van der Waals surface area contributed by atoms with Crippen LogP contribution < -0.4 is 11.1 Å². The molecule has 0 aliphatic heterocycles. The molecule has 1 aromatic heterocycles. The highest BCUT2D eigenvalue weighted by Gasteiger charge is 2.27. The third kappa shape index (κ3) is 3.50. The van der Waals surface area contributed by atoms with Gasteiger partial charge < -0.3 is 11.1 Å². The molecule has 1 amide bonds. The average molecular weight is 237 g/mol. The van der Waals surface area contributed by atoms with Crippen LogP contribution >= 0.6 is 11.8 Å². The number of nitrogens with two attached hydrogens (primary N) is 1. The number of thioether (sulfide) groups is 1. The van der Waals surface area contributed by atoms with Crippen LogP contribution in [0.5, 0.6) is 0 Å². The lowest BCUT2D eigenvalue weighted by Crippen LogP contribution is -2.44. The Hall–Kier alpha value is -1.07. The number of rotatable bonds is 6. The second-order valence-corrected chi connectivity index (χ2v) is 4.92. The molecule has 86 valence electrons. The summed E-state index contributed by atoms with van der Waals surface area (Å²) in [6.07, 6.45) is 4.05. The van der Waals surface area contributed by atoms with Gasteiger partial charge in [0.2, 0.25) is 5.91 Å². The van der Waals surface area contributed by atoms with Crippen molar-refractivity contribution in [3.05, 3.63) is 24.4 Å². The minimum absolute atomic E-state index is 0.250. The molecule has 5 heteroatoms. The van der Waals surface area contributed by atoms with Crippen LogP contribution in [0.3, 0.4) is 0 Å². The van der Waals surface area contributed by atoms with E-state index in [1.54, 1.807) is 18.0 Å². The molecule has 16 heavy (non-hydrogen) atoms. The third-order valence-corrected chi connectivity index (χ3v) is 3.43. The Morgan fingerprint density at radius 1 is 1.62 bits per heavy atom. The maximum atomic E-state index is 11.2. The molecule has 0 radical (unpaired) electrons. The number of pyridine rings is 1. The summed E-state index contributed by atoms with van der Waals surface area (Å²) in [4.78, 5) is 15.4. The molecule has 0 bridgehead atoms. The average Bonchev–Trinajstić information content (AvgIpc) is 3.09. The van der Waals surface area contributed by atoms with Crippen LogP contribution in [0.2, 0.25) is 0 Å². The number of hydrogen-bond donors (Lipinski definition) is 2. The van der Waals surface area contributed by atoms with Crippen LogP contribution in [0, 0.1) is 0 Å². The molecule has 0 spiro atoms. The maximum Gasteiger partial charge on any atom is 0.235 e. The number of aromatic nitrogens is 1. The zero-order valence-electron chi connectivity index (χ0n) is 8.93. The number of hydrogen-bond acceptors (Lipinski definition) is 4. The lowest BCUT2D eigenvalue weighted by molar-refractivity contribution is -0.119. The molecule has 0 saturated heterocycles. The van der Waals surface area contributed by atoms with Gasteiger partial charge >= 0.3 is 0 Å². The second kappa shape index (κ2) is 5.32. The molecule has 4 nitrogen and oxygen atoms in total. The molecule has 0 aromatic carbocycles. The Labute approximate surface area is 99.0 Å². The molecule has 1 heterocycles. The fourth-order valence-electron chi connectivity index (χ4n) is 1.35. The van der Waals surface area contributed by atoms with E-state index in [2.05, 4.69) is 10.3 Å². The van der Waals surface area contributed by atoms with Crippen molar-refractivity contribution in [3.63, 3.8) is 0 Å². The van der Waals surface area contributed by atoms with Gasteiger partial charge in [-0.15, -0.1) is 11.8 Å². The van der Waals surface area contributed by atoms with Gasteiger partial charge in [-0.05, 0) is 25.0 Å². The number of carbonyl (C=O) groups is 1. The smallest absolute Gasteiger partial charge is 0.235 e. The van der Waals surface area contributed by atoms with E-state index in [9.17, 15) is 4.79 Å². The first-order valence-corrected chi connectivity index (χ1v) is 6.33. The highest BCUT2D eigenvalue weighted by Crippen LogP contribution is 2.21. The first-order chi connectivity index (χ1) is 7.75. The van der Waals surface area contributed by atoms with Crippen LogP contribution in [-0.4, -0.2) is 28.7 Å². The monoisotopic (exact) mass is 237 g/mol. The largest absolute Gasteiger partial charge is 0.368 e. The molecule has 1 fully saturated rings. The van der Waals surface area contributed by atoms with Gasteiger partial charge in [0.25, 0.3) is 0 Å². The van der Waals surface area contributed by atoms with Gasteiger partial charge in [0, 0.05) is 18.0 Å². The van der Waals surface area contributed by atoms with Crippen molar-refractivity contribution in [1.29, 1.82) is 0 Å². The minimum atomic E-state index is -0.282. The van der Waals surface area contributed by atoms with Crippen molar-refractivity contribution >= 4 is 17.7 Å². The molecule has 1 aliphatic carbocycles. The predicted molar refractivity (Wildman–Crippen MR) is 64.1 cm³/mol. The molecule has 1 aliphatic rings. The van der Waals surface area contributed by atoms with E-state index in [1.165, 1.54) is 0 Å². The van der Waals surface area contributed by atoms with E-state index < -0.39 is 0 Å². The van der Waals surface area contributed by atoms with Gasteiger partial charge in [-0.2, -0.15) is 0 Å². The highest BCUT2D eigenvalue weighted by molar-refractivity contribution is 7.99. The fourth-order valence-corrected chi connectivity index (χ4v) is 2.26. The molecule has 3 N–H and O–H groups in total. The zero-order chi connectivity index (χ0) is 11.4. The lowest BCUT2D eigenvalue weighted by Gasteiger charge is -2.13.